The van der Waals surface area contributed by atoms with E-state index in [0.29, 0.717) is 5.92 Å². The van der Waals surface area contributed by atoms with Crippen LogP contribution in [-0.2, 0) is 12.8 Å². The molecule has 0 radical (unpaired) electrons. The van der Waals surface area contributed by atoms with E-state index in [4.69, 9.17) is 9.72 Å². The number of nitrogens with zero attached hydrogens (tertiary/aromatic N) is 2. The third-order valence-corrected chi connectivity index (χ3v) is 8.28. The van der Waals surface area contributed by atoms with Gasteiger partial charge in [0.05, 0.1) is 18.2 Å². The maximum absolute atomic E-state index is 13.8. The highest BCUT2D eigenvalue weighted by molar-refractivity contribution is 7.99. The van der Waals surface area contributed by atoms with Gasteiger partial charge in [0.1, 0.15) is 10.6 Å². The van der Waals surface area contributed by atoms with E-state index in [9.17, 15) is 4.79 Å². The minimum Gasteiger partial charge on any atom is -0.497 e. The third-order valence-electron chi connectivity index (χ3n) is 6.11. The first-order chi connectivity index (χ1) is 15.1. The Hall–Kier alpha value is -1.79. The molecule has 1 aliphatic carbocycles. The maximum atomic E-state index is 13.8. The van der Waals surface area contributed by atoms with Crippen LogP contribution in [0.3, 0.4) is 0 Å². The van der Waals surface area contributed by atoms with Crippen molar-refractivity contribution >= 4 is 33.3 Å². The number of aryl methyl sites for hydroxylation is 1. The Bertz CT molecular complexity index is 1090. The molecule has 4 nitrogen and oxygen atoms in total. The highest BCUT2D eigenvalue weighted by Crippen LogP contribution is 2.37. The van der Waals surface area contributed by atoms with Gasteiger partial charge in [0, 0.05) is 10.6 Å². The monoisotopic (exact) mass is 456 g/mol. The molecule has 1 aromatic carbocycles. The molecule has 3 aromatic rings. The molecule has 0 saturated heterocycles. The number of aromatic nitrogens is 2. The number of thiophene rings is 1. The van der Waals surface area contributed by atoms with Crippen molar-refractivity contribution in [2.45, 2.75) is 70.4 Å². The summed E-state index contributed by atoms with van der Waals surface area (Å²) < 4.78 is 7.14. The molecular formula is C25H32N2O2S2. The van der Waals surface area contributed by atoms with Crippen molar-refractivity contribution in [2.75, 3.05) is 12.9 Å². The molecule has 2 aromatic heterocycles. The molecule has 1 atom stereocenters. The van der Waals surface area contributed by atoms with Gasteiger partial charge in [-0.15, -0.1) is 11.3 Å². The number of methoxy groups -OCH3 is 1. The summed E-state index contributed by atoms with van der Waals surface area (Å²) in [5.41, 5.74) is 2.18. The number of fused-ring (bicyclic) bond motifs is 3. The van der Waals surface area contributed by atoms with Gasteiger partial charge in [0.2, 0.25) is 0 Å². The summed E-state index contributed by atoms with van der Waals surface area (Å²) in [7, 11) is 1.66. The lowest BCUT2D eigenvalue weighted by Crippen LogP contribution is -2.22. The molecule has 4 rings (SSSR count). The van der Waals surface area contributed by atoms with Crippen LogP contribution in [0.1, 0.15) is 62.8 Å². The summed E-state index contributed by atoms with van der Waals surface area (Å²) in [4.78, 5) is 21.1. The van der Waals surface area contributed by atoms with Gasteiger partial charge in [0.25, 0.3) is 5.56 Å². The van der Waals surface area contributed by atoms with Gasteiger partial charge in [-0.25, -0.2) is 4.98 Å². The molecule has 166 valence electrons. The van der Waals surface area contributed by atoms with Crippen LogP contribution in [-0.4, -0.2) is 22.4 Å². The molecule has 0 saturated carbocycles. The Labute approximate surface area is 193 Å². The van der Waals surface area contributed by atoms with E-state index in [1.165, 1.54) is 36.1 Å². The molecule has 31 heavy (non-hydrogen) atoms. The van der Waals surface area contributed by atoms with Gasteiger partial charge in [-0.05, 0) is 61.4 Å². The zero-order valence-corrected chi connectivity index (χ0v) is 20.4. The van der Waals surface area contributed by atoms with Gasteiger partial charge in [0.15, 0.2) is 5.16 Å². The fourth-order valence-electron chi connectivity index (χ4n) is 4.30. The average molecular weight is 457 g/mol. The summed E-state index contributed by atoms with van der Waals surface area (Å²) in [6, 6.07) is 7.74. The summed E-state index contributed by atoms with van der Waals surface area (Å²) in [6.45, 7) is 4.54. The van der Waals surface area contributed by atoms with E-state index in [2.05, 4.69) is 13.8 Å². The van der Waals surface area contributed by atoms with E-state index < -0.39 is 0 Å². The van der Waals surface area contributed by atoms with Gasteiger partial charge in [-0.1, -0.05) is 51.3 Å². The maximum Gasteiger partial charge on any atom is 0.267 e. The van der Waals surface area contributed by atoms with Crippen molar-refractivity contribution in [3.8, 4) is 11.4 Å². The van der Waals surface area contributed by atoms with Crippen LogP contribution in [0.4, 0.5) is 0 Å². The molecular weight excluding hydrogens is 424 g/mol. The van der Waals surface area contributed by atoms with Gasteiger partial charge >= 0.3 is 0 Å². The topological polar surface area (TPSA) is 44.1 Å². The second-order valence-corrected chi connectivity index (χ2v) is 10.7. The quantitative estimate of drug-likeness (QED) is 0.206. The number of ether oxygens (including phenoxy) is 1. The van der Waals surface area contributed by atoms with Crippen molar-refractivity contribution in [1.82, 2.24) is 9.55 Å². The highest BCUT2D eigenvalue weighted by atomic mass is 32.2. The van der Waals surface area contributed by atoms with Gasteiger partial charge in [-0.3, -0.25) is 9.36 Å². The Morgan fingerprint density at radius 3 is 2.71 bits per heavy atom. The molecule has 0 fully saturated rings. The first kappa shape index (κ1) is 22.4. The van der Waals surface area contributed by atoms with Crippen LogP contribution < -0.4 is 10.3 Å². The average Bonchev–Trinajstić information content (AvgIpc) is 3.14. The molecule has 0 amide bonds. The minimum atomic E-state index is 0.0794. The smallest absolute Gasteiger partial charge is 0.267 e. The lowest BCUT2D eigenvalue weighted by molar-refractivity contribution is 0.414. The number of hydrogen-bond acceptors (Lipinski definition) is 5. The SMILES string of the molecule is CCCCCCCSc1nc2sc3c(c2c(=O)n1-c1ccc(OC)cc1)CC[C@@H](C)C3. The second kappa shape index (κ2) is 10.2. The van der Waals surface area contributed by atoms with Crippen LogP contribution >= 0.6 is 23.1 Å². The molecule has 0 bridgehead atoms. The predicted octanol–water partition coefficient (Wildman–Crippen LogP) is 6.64. The molecule has 2 heterocycles. The van der Waals surface area contributed by atoms with Gasteiger partial charge in [-0.2, -0.15) is 0 Å². The number of benzene rings is 1. The Morgan fingerprint density at radius 2 is 1.97 bits per heavy atom. The standard InChI is InChI=1S/C25H32N2O2S2/c1-4-5-6-7-8-15-30-25-26-23-22(20-14-9-17(2)16-21(20)31-23)24(28)27(25)18-10-12-19(29-3)13-11-18/h10-13,17H,4-9,14-16H2,1-3H3/t17-/m1/s1. The molecule has 0 N–H and O–H groups in total. The number of thioether (sulfide) groups is 1. The summed E-state index contributed by atoms with van der Waals surface area (Å²) in [5, 5.41) is 1.65. The molecule has 0 aliphatic heterocycles. The van der Waals surface area contributed by atoms with Crippen LogP contribution in [0.5, 0.6) is 5.75 Å². The van der Waals surface area contributed by atoms with Gasteiger partial charge < -0.3 is 4.74 Å². The van der Waals surface area contributed by atoms with Crippen molar-refractivity contribution in [1.29, 1.82) is 0 Å². The third kappa shape index (κ3) is 4.85. The Kier molecular flexibility index (Phi) is 7.39. The highest BCUT2D eigenvalue weighted by Gasteiger charge is 2.25. The fraction of sp³-hybridized carbons (Fsp3) is 0.520. The summed E-state index contributed by atoms with van der Waals surface area (Å²) >= 11 is 3.45. The Morgan fingerprint density at radius 1 is 1.19 bits per heavy atom. The first-order valence-electron chi connectivity index (χ1n) is 11.5. The minimum absolute atomic E-state index is 0.0794. The fourth-order valence-corrected chi connectivity index (χ4v) is 6.73. The van der Waals surface area contributed by atoms with E-state index in [-0.39, 0.29) is 5.56 Å². The van der Waals surface area contributed by atoms with Crippen molar-refractivity contribution in [3.63, 3.8) is 0 Å². The molecule has 0 unspecified atom stereocenters. The molecule has 6 heteroatoms. The van der Waals surface area contributed by atoms with E-state index in [0.717, 1.165) is 58.2 Å². The predicted molar refractivity (Wildman–Crippen MR) is 132 cm³/mol. The normalized spacial score (nSPS) is 15.9. The van der Waals surface area contributed by atoms with Crippen LogP contribution in [0, 0.1) is 5.92 Å². The number of rotatable bonds is 9. The van der Waals surface area contributed by atoms with Crippen molar-refractivity contribution < 1.29 is 4.74 Å². The molecule has 1 aliphatic rings. The summed E-state index contributed by atoms with van der Waals surface area (Å²) in [6.07, 6.45) is 9.42. The van der Waals surface area contributed by atoms with Crippen molar-refractivity contribution in [2.24, 2.45) is 5.92 Å². The number of unbranched alkanes of at least 4 members (excludes halogenated alkanes) is 4. The zero-order chi connectivity index (χ0) is 21.8. The van der Waals surface area contributed by atoms with Crippen LogP contribution in [0.2, 0.25) is 0 Å². The second-order valence-electron chi connectivity index (χ2n) is 8.53. The lowest BCUT2D eigenvalue weighted by Gasteiger charge is -2.18. The largest absolute Gasteiger partial charge is 0.497 e. The van der Waals surface area contributed by atoms with E-state index in [1.807, 2.05) is 28.8 Å². The summed E-state index contributed by atoms with van der Waals surface area (Å²) in [5.74, 6) is 2.46. The van der Waals surface area contributed by atoms with E-state index >= 15 is 0 Å². The Balaban J connectivity index is 1.73. The zero-order valence-electron chi connectivity index (χ0n) is 18.8. The van der Waals surface area contributed by atoms with E-state index in [1.54, 1.807) is 30.2 Å². The molecule has 0 spiro atoms. The van der Waals surface area contributed by atoms with Crippen molar-refractivity contribution in [3.05, 3.63) is 45.1 Å². The lowest BCUT2D eigenvalue weighted by atomic mass is 9.89. The van der Waals surface area contributed by atoms with Crippen LogP contribution in [0.15, 0.2) is 34.2 Å². The first-order valence-corrected chi connectivity index (χ1v) is 13.3. The number of hydrogen-bond donors (Lipinski definition) is 0. The van der Waals surface area contributed by atoms with Crippen LogP contribution in [0.25, 0.3) is 15.9 Å².